The van der Waals surface area contributed by atoms with Crippen LogP contribution in [0.4, 0.5) is 0 Å². The van der Waals surface area contributed by atoms with Gasteiger partial charge in [-0.2, -0.15) is 0 Å². The summed E-state index contributed by atoms with van der Waals surface area (Å²) in [6, 6.07) is 19.7. The third-order valence-corrected chi connectivity index (χ3v) is 10.8. The van der Waals surface area contributed by atoms with Gasteiger partial charge in [-0.3, -0.25) is 0 Å². The van der Waals surface area contributed by atoms with Crippen LogP contribution in [0.5, 0.6) is 17.2 Å². The number of benzene rings is 3. The molecule has 0 atom stereocenters. The van der Waals surface area contributed by atoms with Crippen LogP contribution >= 0.6 is 25.8 Å². The molecule has 0 unspecified atom stereocenters. The zero-order valence-corrected chi connectivity index (χ0v) is 38.1. The minimum absolute atomic E-state index is 0.0170. The molecular formula is C42H67O8P3. The summed E-state index contributed by atoms with van der Waals surface area (Å²) in [5.41, 5.74) is 6.85. The highest BCUT2D eigenvalue weighted by atomic mass is 31.2. The summed E-state index contributed by atoms with van der Waals surface area (Å²) in [7, 11) is -7.12. The number of hydrogen-bond acceptors (Lipinski definition) is 8. The van der Waals surface area contributed by atoms with Crippen molar-refractivity contribution in [1.29, 1.82) is 0 Å². The second-order valence-electron chi connectivity index (χ2n) is 19.7. The standard InChI is InChI=1S/C42H63O3P.H4O5P2/c1-37(2,3)28-19-22-34(31(25-28)40(10,11)12)43-46(44-35-23-20-29(38(4,5)6)26-32(35)41(13,14)15)45-36-24-21-30(39(7,8)9)27-33(36)42(16,17)18;1-6(2)5-7(3)4/h19-27H,1-18H3;1-4H. The molecule has 0 aliphatic heterocycles. The van der Waals surface area contributed by atoms with Gasteiger partial charge in [0.15, 0.2) is 0 Å². The third-order valence-electron chi connectivity index (χ3n) is 8.63. The van der Waals surface area contributed by atoms with Crippen LogP contribution in [0.3, 0.4) is 0 Å². The Kier molecular flexibility index (Phi) is 15.6. The van der Waals surface area contributed by atoms with Crippen molar-refractivity contribution in [3.05, 3.63) is 88.0 Å². The topological polar surface area (TPSA) is 118 Å². The van der Waals surface area contributed by atoms with Gasteiger partial charge in [0.1, 0.15) is 17.2 Å². The van der Waals surface area contributed by atoms with E-state index in [9.17, 15) is 0 Å². The van der Waals surface area contributed by atoms with Gasteiger partial charge in [-0.1, -0.05) is 161 Å². The predicted octanol–water partition coefficient (Wildman–Crippen LogP) is 12.7. The van der Waals surface area contributed by atoms with Crippen molar-refractivity contribution in [1.82, 2.24) is 0 Å². The van der Waals surface area contributed by atoms with Crippen LogP contribution in [0, 0.1) is 0 Å². The molecule has 0 aromatic heterocycles. The Balaban J connectivity index is 0.00000126. The minimum atomic E-state index is -2.61. The molecule has 4 N–H and O–H groups in total. The van der Waals surface area contributed by atoms with E-state index in [0.717, 1.165) is 33.9 Å². The molecule has 11 heteroatoms. The van der Waals surface area contributed by atoms with Crippen molar-refractivity contribution >= 4 is 25.8 Å². The molecule has 53 heavy (non-hydrogen) atoms. The van der Waals surface area contributed by atoms with Crippen LogP contribution in [-0.4, -0.2) is 19.6 Å². The number of hydrogen-bond donors (Lipinski definition) is 4. The molecule has 3 aromatic rings. The van der Waals surface area contributed by atoms with Crippen LogP contribution in [0.25, 0.3) is 0 Å². The maximum atomic E-state index is 7.82. The van der Waals surface area contributed by atoms with Crippen molar-refractivity contribution in [2.45, 2.75) is 157 Å². The zero-order valence-electron chi connectivity index (χ0n) is 35.5. The summed E-state index contributed by atoms with van der Waals surface area (Å²) in [6.45, 7) is 40.3. The van der Waals surface area contributed by atoms with Gasteiger partial charge >= 0.3 is 25.8 Å². The van der Waals surface area contributed by atoms with E-state index in [1.54, 1.807) is 0 Å². The van der Waals surface area contributed by atoms with E-state index >= 15 is 0 Å². The number of rotatable bonds is 8. The largest absolute Gasteiger partial charge is 0.530 e. The Hall–Kier alpha value is -1.85. The van der Waals surface area contributed by atoms with E-state index in [1.807, 2.05) is 0 Å². The summed E-state index contributed by atoms with van der Waals surface area (Å²) >= 11 is 0. The van der Waals surface area contributed by atoms with Gasteiger partial charge in [0.05, 0.1) is 0 Å². The van der Waals surface area contributed by atoms with E-state index in [1.165, 1.54) is 16.7 Å². The molecule has 0 saturated heterocycles. The fraction of sp³-hybridized carbons (Fsp3) is 0.571. The molecule has 0 amide bonds. The Morgan fingerprint density at radius 3 is 0.736 bits per heavy atom. The molecule has 0 heterocycles. The Morgan fingerprint density at radius 2 is 0.585 bits per heavy atom. The lowest BCUT2D eigenvalue weighted by molar-refractivity contribution is 0.324. The highest BCUT2D eigenvalue weighted by Gasteiger charge is 2.32. The fourth-order valence-electron chi connectivity index (χ4n) is 5.35. The third kappa shape index (κ3) is 14.6. The molecule has 0 fully saturated rings. The van der Waals surface area contributed by atoms with Crippen LogP contribution in [0.2, 0.25) is 0 Å². The predicted molar refractivity (Wildman–Crippen MR) is 224 cm³/mol. The van der Waals surface area contributed by atoms with Crippen LogP contribution < -0.4 is 13.6 Å². The average Bonchev–Trinajstić information content (AvgIpc) is 2.94. The van der Waals surface area contributed by atoms with E-state index in [-0.39, 0.29) is 32.5 Å². The summed E-state index contributed by atoms with van der Waals surface area (Å²) < 4.78 is 24.3. The van der Waals surface area contributed by atoms with Crippen LogP contribution in [0.1, 0.15) is 158 Å². The van der Waals surface area contributed by atoms with Crippen molar-refractivity contribution in [3.8, 4) is 17.2 Å². The van der Waals surface area contributed by atoms with E-state index < -0.39 is 25.8 Å². The lowest BCUT2D eigenvalue weighted by Gasteiger charge is -2.31. The van der Waals surface area contributed by atoms with Crippen molar-refractivity contribution in [3.63, 3.8) is 0 Å². The first-order chi connectivity index (χ1) is 23.7. The fourth-order valence-corrected chi connectivity index (χ4v) is 6.94. The Bertz CT molecular complexity index is 1460. The van der Waals surface area contributed by atoms with Crippen molar-refractivity contribution in [2.75, 3.05) is 0 Å². The quantitative estimate of drug-likeness (QED) is 0.167. The van der Waals surface area contributed by atoms with E-state index in [0.29, 0.717) is 0 Å². The molecule has 0 bridgehead atoms. The first kappa shape index (κ1) is 47.3. The summed E-state index contributed by atoms with van der Waals surface area (Å²) in [4.78, 5) is 31.3. The van der Waals surface area contributed by atoms with Gasteiger partial charge < -0.3 is 33.1 Å². The second-order valence-corrected chi connectivity index (χ2v) is 22.4. The Morgan fingerprint density at radius 1 is 0.358 bits per heavy atom. The minimum Gasteiger partial charge on any atom is -0.408 e. The lowest BCUT2D eigenvalue weighted by atomic mass is 9.80. The van der Waals surface area contributed by atoms with Crippen molar-refractivity contribution in [2.24, 2.45) is 0 Å². The molecule has 3 aromatic carbocycles. The van der Waals surface area contributed by atoms with Crippen LogP contribution in [0.15, 0.2) is 54.6 Å². The first-order valence-electron chi connectivity index (χ1n) is 18.0. The van der Waals surface area contributed by atoms with Gasteiger partial charge in [-0.15, -0.1) is 0 Å². The highest BCUT2D eigenvalue weighted by Crippen LogP contribution is 2.50. The lowest BCUT2D eigenvalue weighted by Crippen LogP contribution is -2.20. The molecule has 0 spiro atoms. The highest BCUT2D eigenvalue weighted by molar-refractivity contribution is 7.53. The van der Waals surface area contributed by atoms with E-state index in [2.05, 4.69) is 184 Å². The smallest absolute Gasteiger partial charge is 0.408 e. The van der Waals surface area contributed by atoms with Crippen molar-refractivity contribution < 1.29 is 37.5 Å². The summed E-state index contributed by atoms with van der Waals surface area (Å²) in [6.07, 6.45) is 0. The van der Waals surface area contributed by atoms with Gasteiger partial charge in [-0.05, 0) is 67.4 Å². The maximum absolute atomic E-state index is 7.82. The molecule has 0 aliphatic carbocycles. The molecule has 0 saturated carbocycles. The summed E-state index contributed by atoms with van der Waals surface area (Å²) in [5, 5.41) is 0. The van der Waals surface area contributed by atoms with Gasteiger partial charge in [0.2, 0.25) is 0 Å². The van der Waals surface area contributed by atoms with Gasteiger partial charge in [0, 0.05) is 16.7 Å². The monoisotopic (exact) mass is 792 g/mol. The SMILES string of the molecule is CC(C)(C)c1ccc(OP(Oc2ccc(C(C)(C)C)cc2C(C)(C)C)Oc2ccc(C(C)(C)C)cc2C(C)(C)C)c(C(C)(C)C)c1.OP(O)OP(O)O. The van der Waals surface area contributed by atoms with Gasteiger partial charge in [-0.25, -0.2) is 4.31 Å². The Labute approximate surface area is 324 Å². The second kappa shape index (κ2) is 17.5. The molecule has 298 valence electrons. The average molecular weight is 793 g/mol. The van der Waals surface area contributed by atoms with Gasteiger partial charge in [0.25, 0.3) is 0 Å². The molecular weight excluding hydrogens is 725 g/mol. The molecule has 8 nitrogen and oxygen atoms in total. The molecule has 0 radical (unpaired) electrons. The maximum Gasteiger partial charge on any atom is 0.530 e. The summed E-state index contributed by atoms with van der Waals surface area (Å²) in [5.74, 6) is 2.37. The molecule has 0 aliphatic rings. The molecule has 3 rings (SSSR count). The van der Waals surface area contributed by atoms with Crippen LogP contribution in [-0.2, 0) is 36.8 Å². The zero-order chi connectivity index (χ0) is 41.1. The normalized spacial score (nSPS) is 13.3. The first-order valence-corrected chi connectivity index (χ1v) is 21.5. The van der Waals surface area contributed by atoms with E-state index in [4.69, 9.17) is 33.1 Å².